The average molecular weight is 519 g/mol. The fraction of sp³-hybridized carbons (Fsp3) is 0.231. The summed E-state index contributed by atoms with van der Waals surface area (Å²) in [4.78, 5) is 12.2. The van der Waals surface area contributed by atoms with E-state index in [1.54, 1.807) is 24.4 Å². The van der Waals surface area contributed by atoms with Gasteiger partial charge < -0.3 is 20.7 Å². The van der Waals surface area contributed by atoms with Crippen molar-refractivity contribution < 1.29 is 9.53 Å². The standard InChI is InChI=1S/C26H27ClN8O2/c1-3-18(4-2)35-25(33-34-26(35)31-22-10-9-21-20(24(22)27)14-29-32-21)16-5-7-19(8-6-16)37-15-23(36)30-17-11-12-28-13-17/h3-10,14,17,28H,1,11-13,15H2,2H3,(H,29,32)(H,30,36)(H,31,34)/b18-4+. The molecule has 1 fully saturated rings. The van der Waals surface area contributed by atoms with Crippen LogP contribution in [0.15, 0.2) is 61.3 Å². The molecular weight excluding hydrogens is 492 g/mol. The molecular formula is C26H27ClN8O2. The van der Waals surface area contributed by atoms with Crippen LogP contribution in [-0.4, -0.2) is 56.6 Å². The Kier molecular flexibility index (Phi) is 7.20. The average Bonchev–Trinajstić information content (AvgIpc) is 3.68. The quantitative estimate of drug-likeness (QED) is 0.246. The first-order valence-corrected chi connectivity index (χ1v) is 12.3. The lowest BCUT2D eigenvalue weighted by molar-refractivity contribution is -0.123. The van der Waals surface area contributed by atoms with Crippen molar-refractivity contribution in [1.82, 2.24) is 35.6 Å². The first-order chi connectivity index (χ1) is 18.1. The van der Waals surface area contributed by atoms with E-state index in [9.17, 15) is 4.79 Å². The van der Waals surface area contributed by atoms with Gasteiger partial charge in [0.15, 0.2) is 12.4 Å². The monoisotopic (exact) mass is 518 g/mol. The second-order valence-electron chi connectivity index (χ2n) is 8.55. The number of carbonyl (C=O) groups excluding carboxylic acids is 1. The lowest BCUT2D eigenvalue weighted by Gasteiger charge is -2.14. The number of halogens is 1. The lowest BCUT2D eigenvalue weighted by Crippen LogP contribution is -2.39. The van der Waals surface area contributed by atoms with Gasteiger partial charge in [0.05, 0.1) is 22.4 Å². The van der Waals surface area contributed by atoms with Crippen molar-refractivity contribution in [3.05, 3.63) is 66.3 Å². The van der Waals surface area contributed by atoms with Gasteiger partial charge in [-0.05, 0) is 62.4 Å². The van der Waals surface area contributed by atoms with E-state index in [1.807, 2.05) is 41.8 Å². The maximum absolute atomic E-state index is 12.2. The van der Waals surface area contributed by atoms with Crippen LogP contribution in [0.1, 0.15) is 13.3 Å². The molecule has 1 unspecified atom stereocenters. The molecule has 190 valence electrons. The molecule has 0 spiro atoms. The van der Waals surface area contributed by atoms with Crippen LogP contribution in [0, 0.1) is 0 Å². The predicted octanol–water partition coefficient (Wildman–Crippen LogP) is 4.12. The van der Waals surface area contributed by atoms with Crippen LogP contribution in [0.2, 0.25) is 5.02 Å². The summed E-state index contributed by atoms with van der Waals surface area (Å²) < 4.78 is 7.54. The van der Waals surface area contributed by atoms with E-state index in [2.05, 4.69) is 42.9 Å². The number of hydrogen-bond donors (Lipinski definition) is 4. The molecule has 11 heteroatoms. The van der Waals surface area contributed by atoms with Gasteiger partial charge in [0.2, 0.25) is 5.95 Å². The third-order valence-electron chi connectivity index (χ3n) is 6.14. The fourth-order valence-electron chi connectivity index (χ4n) is 4.23. The Labute approximate surface area is 218 Å². The number of nitrogens with zero attached hydrogens (tertiary/aromatic N) is 4. The number of carbonyl (C=O) groups is 1. The highest BCUT2D eigenvalue weighted by Gasteiger charge is 2.19. The fourth-order valence-corrected chi connectivity index (χ4v) is 4.49. The summed E-state index contributed by atoms with van der Waals surface area (Å²) >= 11 is 6.61. The van der Waals surface area contributed by atoms with E-state index in [-0.39, 0.29) is 18.6 Å². The van der Waals surface area contributed by atoms with Gasteiger partial charge in [-0.25, -0.2) is 0 Å². The smallest absolute Gasteiger partial charge is 0.258 e. The van der Waals surface area contributed by atoms with Crippen molar-refractivity contribution in [3.63, 3.8) is 0 Å². The molecule has 4 aromatic rings. The number of hydrogen-bond acceptors (Lipinski definition) is 7. The summed E-state index contributed by atoms with van der Waals surface area (Å²) in [5.41, 5.74) is 3.12. The molecule has 0 bridgehead atoms. The molecule has 0 saturated carbocycles. The Morgan fingerprint density at radius 3 is 2.84 bits per heavy atom. The van der Waals surface area contributed by atoms with Gasteiger partial charge in [0.25, 0.3) is 5.91 Å². The Bertz CT molecular complexity index is 1450. The van der Waals surface area contributed by atoms with Crippen LogP contribution in [0.3, 0.4) is 0 Å². The molecule has 0 aliphatic carbocycles. The Hall–Kier alpha value is -4.15. The first kappa shape index (κ1) is 24.5. The summed E-state index contributed by atoms with van der Waals surface area (Å²) in [6.45, 7) is 7.53. The molecule has 2 aromatic carbocycles. The van der Waals surface area contributed by atoms with E-state index in [4.69, 9.17) is 16.3 Å². The van der Waals surface area contributed by atoms with E-state index in [1.165, 1.54) is 0 Å². The maximum atomic E-state index is 12.2. The van der Waals surface area contributed by atoms with Gasteiger partial charge in [0.1, 0.15) is 5.75 Å². The Morgan fingerprint density at radius 1 is 1.27 bits per heavy atom. The van der Waals surface area contributed by atoms with Crippen LogP contribution < -0.4 is 20.7 Å². The molecule has 1 aliphatic heterocycles. The zero-order valence-electron chi connectivity index (χ0n) is 20.3. The van der Waals surface area contributed by atoms with E-state index < -0.39 is 0 Å². The summed E-state index contributed by atoms with van der Waals surface area (Å²) in [6.07, 6.45) is 6.26. The number of fused-ring (bicyclic) bond motifs is 1. The van der Waals surface area contributed by atoms with Crippen LogP contribution >= 0.6 is 11.6 Å². The molecule has 3 heterocycles. The maximum Gasteiger partial charge on any atom is 0.258 e. The molecule has 1 saturated heterocycles. The zero-order chi connectivity index (χ0) is 25.8. The molecule has 1 amide bonds. The van der Waals surface area contributed by atoms with Crippen molar-refractivity contribution in [2.45, 2.75) is 19.4 Å². The van der Waals surface area contributed by atoms with Gasteiger partial charge in [-0.2, -0.15) is 5.10 Å². The number of nitrogens with one attached hydrogen (secondary N) is 4. The molecule has 0 radical (unpaired) electrons. The van der Waals surface area contributed by atoms with Crippen LogP contribution in [0.25, 0.3) is 28.0 Å². The molecule has 5 rings (SSSR count). The zero-order valence-corrected chi connectivity index (χ0v) is 21.0. The van der Waals surface area contributed by atoms with Gasteiger partial charge in [-0.15, -0.1) is 10.2 Å². The second kappa shape index (κ2) is 10.9. The number of ether oxygens (including phenoxy) is 1. The molecule has 1 atom stereocenters. The number of amides is 1. The van der Waals surface area contributed by atoms with Gasteiger partial charge in [-0.1, -0.05) is 24.3 Å². The van der Waals surface area contributed by atoms with E-state index >= 15 is 0 Å². The minimum atomic E-state index is -0.135. The molecule has 1 aliphatic rings. The van der Waals surface area contributed by atoms with E-state index in [0.717, 1.165) is 41.7 Å². The highest BCUT2D eigenvalue weighted by Crippen LogP contribution is 2.34. The van der Waals surface area contributed by atoms with Crippen LogP contribution in [0.5, 0.6) is 5.75 Å². The number of H-pyrrole nitrogens is 1. The molecule has 10 nitrogen and oxygen atoms in total. The summed E-state index contributed by atoms with van der Waals surface area (Å²) in [5, 5.41) is 26.6. The highest BCUT2D eigenvalue weighted by atomic mass is 35.5. The van der Waals surface area contributed by atoms with Crippen molar-refractivity contribution in [1.29, 1.82) is 0 Å². The molecule has 4 N–H and O–H groups in total. The highest BCUT2D eigenvalue weighted by molar-refractivity contribution is 6.38. The lowest BCUT2D eigenvalue weighted by atomic mass is 10.2. The number of allylic oxidation sites excluding steroid dienone is 3. The summed E-state index contributed by atoms with van der Waals surface area (Å²) in [7, 11) is 0. The minimum absolute atomic E-state index is 0.0406. The Morgan fingerprint density at radius 2 is 2.11 bits per heavy atom. The normalized spacial score (nSPS) is 15.6. The largest absolute Gasteiger partial charge is 0.484 e. The SMILES string of the molecule is C=C/C(=C\C)n1c(Nc2ccc3[nH]ncc3c2Cl)nnc1-c1ccc(OCC(=O)NC2CCNC2)cc1. The van der Waals surface area contributed by atoms with Crippen molar-refractivity contribution in [2.75, 3.05) is 25.0 Å². The summed E-state index contributed by atoms with van der Waals surface area (Å²) in [6, 6.07) is 11.3. The second-order valence-corrected chi connectivity index (χ2v) is 8.93. The number of benzene rings is 2. The Balaban J connectivity index is 1.36. The number of anilines is 2. The van der Waals surface area contributed by atoms with E-state index in [0.29, 0.717) is 28.2 Å². The van der Waals surface area contributed by atoms with Crippen molar-refractivity contribution in [2.24, 2.45) is 0 Å². The minimum Gasteiger partial charge on any atom is -0.484 e. The van der Waals surface area contributed by atoms with Gasteiger partial charge >= 0.3 is 0 Å². The van der Waals surface area contributed by atoms with Crippen LogP contribution in [-0.2, 0) is 4.79 Å². The summed E-state index contributed by atoms with van der Waals surface area (Å²) in [5.74, 6) is 1.53. The molecule has 37 heavy (non-hydrogen) atoms. The number of aromatic nitrogens is 5. The third-order valence-corrected chi connectivity index (χ3v) is 6.55. The van der Waals surface area contributed by atoms with Gasteiger partial charge in [0, 0.05) is 29.2 Å². The third kappa shape index (κ3) is 5.20. The van der Waals surface area contributed by atoms with Crippen molar-refractivity contribution in [3.8, 4) is 17.1 Å². The predicted molar refractivity (Wildman–Crippen MR) is 145 cm³/mol. The number of rotatable bonds is 9. The topological polar surface area (TPSA) is 122 Å². The molecule has 2 aromatic heterocycles. The van der Waals surface area contributed by atoms with Gasteiger partial charge in [-0.3, -0.25) is 14.5 Å². The number of aromatic amines is 1. The van der Waals surface area contributed by atoms with Crippen molar-refractivity contribution >= 4 is 45.7 Å². The van der Waals surface area contributed by atoms with Crippen LogP contribution in [0.4, 0.5) is 11.6 Å². The first-order valence-electron chi connectivity index (χ1n) is 11.9.